The minimum atomic E-state index is -0.0793. The molecule has 0 aromatic heterocycles. The van der Waals surface area contributed by atoms with Gasteiger partial charge >= 0.3 is 0 Å². The summed E-state index contributed by atoms with van der Waals surface area (Å²) in [6, 6.07) is 20.7. The first-order chi connectivity index (χ1) is 13.8. The van der Waals surface area contributed by atoms with Crippen LogP contribution in [0.25, 0.3) is 0 Å². The largest absolute Gasteiger partial charge is 0.455 e. The summed E-state index contributed by atoms with van der Waals surface area (Å²) in [5.41, 5.74) is 4.07. The first-order valence-corrected chi connectivity index (χ1v) is 10.7. The molecule has 2 aromatic rings. The Hall–Kier alpha value is -2.33. The summed E-state index contributed by atoms with van der Waals surface area (Å²) in [6.07, 6.45) is 3.56. The van der Waals surface area contributed by atoms with E-state index in [9.17, 15) is 0 Å². The maximum atomic E-state index is 6.76. The van der Waals surface area contributed by atoms with Crippen molar-refractivity contribution in [3.63, 3.8) is 0 Å². The molecule has 28 heavy (non-hydrogen) atoms. The van der Waals surface area contributed by atoms with Gasteiger partial charge in [-0.1, -0.05) is 54.6 Å². The van der Waals surface area contributed by atoms with E-state index < -0.39 is 0 Å². The highest BCUT2D eigenvalue weighted by Crippen LogP contribution is 2.43. The van der Waals surface area contributed by atoms with Crippen molar-refractivity contribution in [1.82, 2.24) is 9.80 Å². The van der Waals surface area contributed by atoms with Crippen LogP contribution in [-0.4, -0.2) is 54.1 Å². The molecule has 5 aliphatic heterocycles. The molecular weight excluding hydrogens is 346 g/mol. The Morgan fingerprint density at radius 1 is 0.929 bits per heavy atom. The predicted octanol–water partition coefficient (Wildman–Crippen LogP) is 3.48. The van der Waals surface area contributed by atoms with E-state index in [0.717, 1.165) is 32.1 Å². The summed E-state index contributed by atoms with van der Waals surface area (Å²) >= 11 is 0. The molecule has 0 saturated carbocycles. The lowest BCUT2D eigenvalue weighted by atomic mass is 9.75. The molecule has 0 N–H and O–H groups in total. The van der Waals surface area contributed by atoms with E-state index in [4.69, 9.17) is 9.73 Å². The van der Waals surface area contributed by atoms with E-state index in [1.54, 1.807) is 0 Å². The second kappa shape index (κ2) is 6.35. The molecule has 0 unspecified atom stereocenters. The van der Waals surface area contributed by atoms with Crippen LogP contribution in [0.15, 0.2) is 59.6 Å². The van der Waals surface area contributed by atoms with Gasteiger partial charge < -0.3 is 9.64 Å². The van der Waals surface area contributed by atoms with Gasteiger partial charge in [0.1, 0.15) is 5.60 Å². The molecule has 4 heteroatoms. The highest BCUT2D eigenvalue weighted by Gasteiger charge is 2.52. The van der Waals surface area contributed by atoms with Gasteiger partial charge in [0, 0.05) is 19.0 Å². The Labute approximate surface area is 166 Å². The van der Waals surface area contributed by atoms with Gasteiger partial charge in [-0.2, -0.15) is 0 Å². The van der Waals surface area contributed by atoms with Crippen molar-refractivity contribution in [2.45, 2.75) is 30.9 Å². The van der Waals surface area contributed by atoms with Crippen LogP contribution in [0.2, 0.25) is 0 Å². The van der Waals surface area contributed by atoms with Gasteiger partial charge in [0.2, 0.25) is 0 Å². The molecule has 4 nitrogen and oxygen atoms in total. The van der Waals surface area contributed by atoms with E-state index in [-0.39, 0.29) is 11.6 Å². The van der Waals surface area contributed by atoms with Crippen LogP contribution >= 0.6 is 0 Å². The summed E-state index contributed by atoms with van der Waals surface area (Å²) < 4.78 is 6.76. The van der Waals surface area contributed by atoms with E-state index in [1.165, 1.54) is 42.6 Å². The smallest absolute Gasteiger partial charge is 0.288 e. The van der Waals surface area contributed by atoms with Gasteiger partial charge in [0.15, 0.2) is 0 Å². The van der Waals surface area contributed by atoms with Gasteiger partial charge in [0.05, 0.1) is 12.6 Å². The van der Waals surface area contributed by atoms with Crippen LogP contribution in [0, 0.1) is 5.92 Å². The van der Waals surface area contributed by atoms with Crippen molar-refractivity contribution in [3.8, 4) is 0 Å². The van der Waals surface area contributed by atoms with Crippen LogP contribution in [0.1, 0.15) is 35.6 Å². The normalized spacial score (nSPS) is 33.5. The van der Waals surface area contributed by atoms with E-state index in [0.29, 0.717) is 5.92 Å². The standard InChI is InChI=1S/C24H27N3O/c1-2-7-19(8-3-1)22-21-9-5-4-6-18(21)10-15-27(22)23-25-16-24(28-23)17-26-13-11-20(24)12-14-26/h1-9,20,22H,10-17H2/t22-,24+/m0/s1. The van der Waals surface area contributed by atoms with E-state index in [1.807, 2.05) is 0 Å². The zero-order valence-electron chi connectivity index (χ0n) is 16.3. The average molecular weight is 374 g/mol. The summed E-state index contributed by atoms with van der Waals surface area (Å²) in [6.45, 7) is 5.29. The fraction of sp³-hybridized carbons (Fsp3) is 0.458. The molecule has 3 saturated heterocycles. The Bertz CT molecular complexity index is 903. The number of benzene rings is 2. The number of ether oxygens (including phenoxy) is 1. The molecule has 3 fully saturated rings. The molecule has 2 bridgehead atoms. The Morgan fingerprint density at radius 3 is 2.50 bits per heavy atom. The van der Waals surface area contributed by atoms with Crippen LogP contribution in [0.5, 0.6) is 0 Å². The molecule has 2 aromatic carbocycles. The Morgan fingerprint density at radius 2 is 1.71 bits per heavy atom. The third kappa shape index (κ3) is 2.51. The average Bonchev–Trinajstić information content (AvgIpc) is 3.17. The number of nitrogens with zero attached hydrogens (tertiary/aromatic N) is 3. The molecule has 144 valence electrons. The lowest BCUT2D eigenvalue weighted by molar-refractivity contribution is -0.0895. The molecule has 5 aliphatic rings. The predicted molar refractivity (Wildman–Crippen MR) is 110 cm³/mol. The van der Waals surface area contributed by atoms with Gasteiger partial charge in [-0.05, 0) is 49.0 Å². The zero-order chi connectivity index (χ0) is 18.6. The lowest BCUT2D eigenvalue weighted by Crippen LogP contribution is -2.61. The summed E-state index contributed by atoms with van der Waals surface area (Å²) in [5.74, 6) is 0.658. The summed E-state index contributed by atoms with van der Waals surface area (Å²) in [5, 5.41) is 0. The molecule has 1 spiro atoms. The maximum Gasteiger partial charge on any atom is 0.288 e. The van der Waals surface area contributed by atoms with Crippen LogP contribution in [-0.2, 0) is 11.2 Å². The fourth-order valence-electron chi connectivity index (χ4n) is 5.78. The second-order valence-corrected chi connectivity index (χ2v) is 8.77. The van der Waals surface area contributed by atoms with E-state index in [2.05, 4.69) is 64.4 Å². The third-order valence-electron chi connectivity index (χ3n) is 7.24. The van der Waals surface area contributed by atoms with Crippen molar-refractivity contribution >= 4 is 6.02 Å². The topological polar surface area (TPSA) is 28.1 Å². The minimum Gasteiger partial charge on any atom is -0.455 e. The minimum absolute atomic E-state index is 0.0793. The van der Waals surface area contributed by atoms with Crippen LogP contribution in [0.3, 0.4) is 0 Å². The summed E-state index contributed by atoms with van der Waals surface area (Å²) in [4.78, 5) is 9.99. The molecule has 0 aliphatic carbocycles. The van der Waals surface area contributed by atoms with Gasteiger partial charge in [-0.15, -0.1) is 0 Å². The van der Waals surface area contributed by atoms with Crippen LogP contribution in [0.4, 0.5) is 0 Å². The van der Waals surface area contributed by atoms with Gasteiger partial charge in [-0.25, -0.2) is 4.99 Å². The second-order valence-electron chi connectivity index (χ2n) is 8.77. The quantitative estimate of drug-likeness (QED) is 0.766. The highest BCUT2D eigenvalue weighted by atomic mass is 16.5. The van der Waals surface area contributed by atoms with Crippen molar-refractivity contribution in [2.75, 3.05) is 32.7 Å². The number of hydrogen-bond acceptors (Lipinski definition) is 4. The van der Waals surface area contributed by atoms with Gasteiger partial charge in [0.25, 0.3) is 6.02 Å². The van der Waals surface area contributed by atoms with Crippen molar-refractivity contribution in [1.29, 1.82) is 0 Å². The zero-order valence-corrected chi connectivity index (χ0v) is 16.3. The van der Waals surface area contributed by atoms with E-state index >= 15 is 0 Å². The van der Waals surface area contributed by atoms with Gasteiger partial charge in [-0.3, -0.25) is 4.90 Å². The molecule has 7 rings (SSSR count). The monoisotopic (exact) mass is 373 g/mol. The SMILES string of the molecule is c1ccc([C@H]2c3ccccc3CCN2C2=NC[C@]3(CN4CCC3CC4)O2)cc1. The number of aliphatic imine (C=N–C) groups is 1. The molecule has 0 amide bonds. The number of fused-ring (bicyclic) bond motifs is 3. The number of rotatable bonds is 1. The maximum absolute atomic E-state index is 6.76. The number of hydrogen-bond donors (Lipinski definition) is 0. The van der Waals surface area contributed by atoms with Crippen molar-refractivity contribution in [2.24, 2.45) is 10.9 Å². The fourth-order valence-corrected chi connectivity index (χ4v) is 5.78. The first kappa shape index (κ1) is 16.6. The third-order valence-corrected chi connectivity index (χ3v) is 7.24. The summed E-state index contributed by atoms with van der Waals surface area (Å²) in [7, 11) is 0. The Kier molecular flexibility index (Phi) is 3.76. The first-order valence-electron chi connectivity index (χ1n) is 10.7. The molecule has 0 radical (unpaired) electrons. The number of piperidine rings is 3. The van der Waals surface area contributed by atoms with Crippen molar-refractivity contribution < 1.29 is 4.74 Å². The highest BCUT2D eigenvalue weighted by molar-refractivity contribution is 5.78. The Balaban J connectivity index is 1.35. The molecule has 5 heterocycles. The molecule has 2 atom stereocenters. The van der Waals surface area contributed by atoms with Crippen molar-refractivity contribution in [3.05, 3.63) is 71.3 Å². The molecular formula is C24H27N3O. The lowest BCUT2D eigenvalue weighted by Gasteiger charge is -2.50. The van der Waals surface area contributed by atoms with Crippen LogP contribution < -0.4 is 0 Å². The number of amidine groups is 1.